The molecule has 0 amide bonds. The van der Waals surface area contributed by atoms with E-state index in [0.717, 1.165) is 22.3 Å². The van der Waals surface area contributed by atoms with Gasteiger partial charge in [-0.05, 0) is 23.3 Å². The molecular weight excluding hydrogens is 304 g/mol. The molecule has 3 aromatic carbocycles. The smallest absolute Gasteiger partial charge is 0.190 e. The van der Waals surface area contributed by atoms with Gasteiger partial charge >= 0.3 is 0 Å². The Morgan fingerprint density at radius 3 is 2.12 bits per heavy atom. The lowest BCUT2D eigenvalue weighted by Gasteiger charge is -2.03. The molecule has 4 rings (SSSR count). The Kier molecular flexibility index (Phi) is 4.02. The van der Waals surface area contributed by atoms with Crippen molar-refractivity contribution < 1.29 is 4.79 Å². The first-order valence-electron chi connectivity index (χ1n) is 8.31. The highest BCUT2D eigenvalue weighted by molar-refractivity contribution is 6.16. The largest absolute Gasteiger partial charge is 0.289 e. The molecular formula is C24H16O. The van der Waals surface area contributed by atoms with Crippen molar-refractivity contribution in [1.82, 2.24) is 0 Å². The predicted molar refractivity (Wildman–Crippen MR) is 101 cm³/mol. The molecule has 1 aliphatic carbocycles. The molecule has 25 heavy (non-hydrogen) atoms. The molecule has 0 saturated carbocycles. The summed E-state index contributed by atoms with van der Waals surface area (Å²) in [6, 6.07) is 27.4. The fourth-order valence-corrected chi connectivity index (χ4v) is 3.12. The molecule has 0 heterocycles. The summed E-state index contributed by atoms with van der Waals surface area (Å²) in [6.45, 7) is 0. The first-order valence-corrected chi connectivity index (χ1v) is 8.31. The van der Waals surface area contributed by atoms with E-state index in [-0.39, 0.29) is 5.78 Å². The Hall–Kier alpha value is -3.37. The summed E-state index contributed by atoms with van der Waals surface area (Å²) < 4.78 is 0. The van der Waals surface area contributed by atoms with Gasteiger partial charge < -0.3 is 0 Å². The molecule has 0 radical (unpaired) electrons. The quantitative estimate of drug-likeness (QED) is 0.483. The van der Waals surface area contributed by atoms with E-state index >= 15 is 0 Å². The number of carbonyl (C=O) groups is 1. The van der Waals surface area contributed by atoms with Crippen molar-refractivity contribution in [3.8, 4) is 11.8 Å². The third kappa shape index (κ3) is 3.03. The average molecular weight is 320 g/mol. The van der Waals surface area contributed by atoms with Crippen LogP contribution in [0.5, 0.6) is 0 Å². The number of allylic oxidation sites excluding steroid dienone is 2. The first kappa shape index (κ1) is 15.2. The topological polar surface area (TPSA) is 17.1 Å². The fraction of sp³-hybridized carbons (Fsp3) is 0.0417. The monoisotopic (exact) mass is 320 g/mol. The Morgan fingerprint density at radius 1 is 0.720 bits per heavy atom. The lowest BCUT2D eigenvalue weighted by molar-refractivity contribution is 0.103. The lowest BCUT2D eigenvalue weighted by Crippen LogP contribution is -2.04. The summed E-state index contributed by atoms with van der Waals surface area (Å²) in [7, 11) is 0. The number of ketones is 1. The number of fused-ring (bicyclic) bond motifs is 1. The van der Waals surface area contributed by atoms with Gasteiger partial charge in [-0.1, -0.05) is 84.6 Å². The lowest BCUT2D eigenvalue weighted by atomic mass is 9.99. The highest BCUT2D eigenvalue weighted by atomic mass is 16.1. The summed E-state index contributed by atoms with van der Waals surface area (Å²) in [6.07, 6.45) is 0.642. The Morgan fingerprint density at radius 2 is 1.36 bits per heavy atom. The van der Waals surface area contributed by atoms with Crippen molar-refractivity contribution in [2.24, 2.45) is 0 Å². The van der Waals surface area contributed by atoms with Crippen LogP contribution in [0.3, 0.4) is 0 Å². The molecule has 0 atom stereocenters. The van der Waals surface area contributed by atoms with E-state index in [1.165, 1.54) is 5.56 Å². The highest BCUT2D eigenvalue weighted by Crippen LogP contribution is 2.34. The molecule has 0 saturated heterocycles. The van der Waals surface area contributed by atoms with E-state index in [4.69, 9.17) is 0 Å². The molecule has 0 fully saturated rings. The van der Waals surface area contributed by atoms with E-state index in [1.54, 1.807) is 0 Å². The maximum Gasteiger partial charge on any atom is 0.190 e. The van der Waals surface area contributed by atoms with Crippen LogP contribution in [0.1, 0.15) is 27.0 Å². The van der Waals surface area contributed by atoms with Gasteiger partial charge in [0.1, 0.15) is 0 Å². The third-order valence-corrected chi connectivity index (χ3v) is 4.37. The van der Waals surface area contributed by atoms with Crippen LogP contribution in [0.15, 0.2) is 90.5 Å². The minimum absolute atomic E-state index is 0.0640. The second-order valence-electron chi connectivity index (χ2n) is 6.00. The standard InChI is InChI=1S/C24H16O/c25-24(19-11-5-2-6-12-19)23-17-20-13-7-8-14-21(20)22(23)16-15-18-9-3-1-4-10-18/h1-14H,17H2. The van der Waals surface area contributed by atoms with Gasteiger partial charge in [0.05, 0.1) is 0 Å². The zero-order valence-corrected chi connectivity index (χ0v) is 13.7. The van der Waals surface area contributed by atoms with E-state index in [9.17, 15) is 4.79 Å². The predicted octanol–water partition coefficient (Wildman–Crippen LogP) is 4.93. The number of carbonyl (C=O) groups excluding carboxylic acids is 1. The van der Waals surface area contributed by atoms with Crippen LogP contribution in [0.2, 0.25) is 0 Å². The van der Waals surface area contributed by atoms with E-state index in [0.29, 0.717) is 12.0 Å². The maximum absolute atomic E-state index is 13.0. The third-order valence-electron chi connectivity index (χ3n) is 4.37. The van der Waals surface area contributed by atoms with Crippen LogP contribution >= 0.6 is 0 Å². The zero-order chi connectivity index (χ0) is 17.1. The number of Topliss-reactive ketones (excluding diaryl/α,β-unsaturated/α-hetero) is 1. The SMILES string of the molecule is O=C(C1=C(C#Cc2ccccc2)c2ccccc2C1)c1ccccc1. The van der Waals surface area contributed by atoms with E-state index in [2.05, 4.69) is 24.0 Å². The number of benzene rings is 3. The number of rotatable bonds is 2. The highest BCUT2D eigenvalue weighted by Gasteiger charge is 2.25. The maximum atomic E-state index is 13.0. The van der Waals surface area contributed by atoms with Crippen molar-refractivity contribution >= 4 is 11.4 Å². The van der Waals surface area contributed by atoms with Gasteiger partial charge in [0.2, 0.25) is 0 Å². The van der Waals surface area contributed by atoms with E-state index < -0.39 is 0 Å². The molecule has 118 valence electrons. The summed E-state index contributed by atoms with van der Waals surface area (Å²) in [5.41, 5.74) is 5.55. The molecule has 0 spiro atoms. The summed E-state index contributed by atoms with van der Waals surface area (Å²) >= 11 is 0. The van der Waals surface area contributed by atoms with Crippen LogP contribution in [0.4, 0.5) is 0 Å². The van der Waals surface area contributed by atoms with Gasteiger partial charge in [-0.2, -0.15) is 0 Å². The van der Waals surface area contributed by atoms with Gasteiger partial charge in [0, 0.05) is 28.7 Å². The molecule has 1 heteroatoms. The summed E-state index contributed by atoms with van der Waals surface area (Å²) in [5.74, 6) is 6.53. The van der Waals surface area contributed by atoms with Crippen molar-refractivity contribution in [2.45, 2.75) is 6.42 Å². The Bertz CT molecular complexity index is 1020. The molecule has 3 aromatic rings. The fourth-order valence-electron chi connectivity index (χ4n) is 3.12. The van der Waals surface area contributed by atoms with Crippen molar-refractivity contribution in [2.75, 3.05) is 0 Å². The normalized spacial score (nSPS) is 12.3. The van der Waals surface area contributed by atoms with Crippen LogP contribution < -0.4 is 0 Å². The first-order chi connectivity index (χ1) is 12.3. The van der Waals surface area contributed by atoms with Crippen molar-refractivity contribution in [1.29, 1.82) is 0 Å². The molecule has 1 nitrogen and oxygen atoms in total. The second kappa shape index (κ2) is 6.63. The van der Waals surface area contributed by atoms with Crippen LogP contribution in [0.25, 0.3) is 5.57 Å². The number of hydrogen-bond donors (Lipinski definition) is 0. The Labute approximate surface area is 147 Å². The molecule has 1 aliphatic rings. The van der Waals surface area contributed by atoms with Gasteiger partial charge in [0.25, 0.3) is 0 Å². The van der Waals surface area contributed by atoms with Crippen LogP contribution in [0, 0.1) is 11.8 Å². The summed E-state index contributed by atoms with van der Waals surface area (Å²) in [4.78, 5) is 13.0. The van der Waals surface area contributed by atoms with Crippen molar-refractivity contribution in [3.63, 3.8) is 0 Å². The van der Waals surface area contributed by atoms with Crippen LogP contribution in [-0.2, 0) is 6.42 Å². The van der Waals surface area contributed by atoms with Gasteiger partial charge in [-0.3, -0.25) is 4.79 Å². The number of hydrogen-bond acceptors (Lipinski definition) is 1. The Balaban J connectivity index is 1.81. The average Bonchev–Trinajstić information content (AvgIpc) is 3.06. The molecule has 0 unspecified atom stereocenters. The van der Waals surface area contributed by atoms with E-state index in [1.807, 2.05) is 72.8 Å². The van der Waals surface area contributed by atoms with Crippen LogP contribution in [-0.4, -0.2) is 5.78 Å². The second-order valence-corrected chi connectivity index (χ2v) is 6.00. The molecule has 0 bridgehead atoms. The zero-order valence-electron chi connectivity index (χ0n) is 13.7. The molecule has 0 aliphatic heterocycles. The van der Waals surface area contributed by atoms with Crippen molar-refractivity contribution in [3.05, 3.63) is 113 Å². The van der Waals surface area contributed by atoms with Gasteiger partial charge in [-0.15, -0.1) is 0 Å². The molecule has 0 N–H and O–H groups in total. The van der Waals surface area contributed by atoms with Gasteiger partial charge in [0.15, 0.2) is 5.78 Å². The molecule has 0 aromatic heterocycles. The van der Waals surface area contributed by atoms with Gasteiger partial charge in [-0.25, -0.2) is 0 Å². The minimum Gasteiger partial charge on any atom is -0.289 e. The summed E-state index contributed by atoms with van der Waals surface area (Å²) in [5, 5.41) is 0. The minimum atomic E-state index is 0.0640.